The highest BCUT2D eigenvalue weighted by Crippen LogP contribution is 2.24. The fraction of sp³-hybridized carbons (Fsp3) is 0.182. The average molecular weight is 430 g/mol. The maximum absolute atomic E-state index is 11.8. The van der Waals surface area contributed by atoms with Gasteiger partial charge in [-0.1, -0.05) is 35.3 Å². The summed E-state index contributed by atoms with van der Waals surface area (Å²) in [6, 6.07) is 14.8. The maximum Gasteiger partial charge on any atom is 0.337 e. The van der Waals surface area contributed by atoms with E-state index in [9.17, 15) is 4.79 Å². The monoisotopic (exact) mass is 429 g/mol. The van der Waals surface area contributed by atoms with E-state index in [2.05, 4.69) is 15.1 Å². The predicted octanol–water partition coefficient (Wildman–Crippen LogP) is 5.31. The Hall–Kier alpha value is -2.76. The molecule has 7 heteroatoms. The van der Waals surface area contributed by atoms with Gasteiger partial charge in [0.1, 0.15) is 0 Å². The van der Waals surface area contributed by atoms with Gasteiger partial charge in [-0.2, -0.15) is 5.10 Å². The quantitative estimate of drug-likeness (QED) is 0.328. The highest BCUT2D eigenvalue weighted by atomic mass is 35.5. The van der Waals surface area contributed by atoms with Gasteiger partial charge in [-0.15, -0.1) is 0 Å². The molecule has 1 aromatic heterocycles. The first-order chi connectivity index (χ1) is 13.9. The molecule has 0 atom stereocenters. The van der Waals surface area contributed by atoms with E-state index in [1.807, 2.05) is 44.2 Å². The first-order valence-electron chi connectivity index (χ1n) is 8.99. The molecule has 0 saturated heterocycles. The minimum absolute atomic E-state index is 0.362. The van der Waals surface area contributed by atoms with E-state index in [1.54, 1.807) is 24.4 Å². The van der Waals surface area contributed by atoms with Crippen molar-refractivity contribution in [1.82, 2.24) is 9.99 Å². The molecule has 3 rings (SSSR count). The average Bonchev–Trinajstić information content (AvgIpc) is 2.99. The number of rotatable bonds is 6. The third-order valence-corrected chi connectivity index (χ3v) is 5.32. The first-order valence-corrected chi connectivity index (χ1v) is 9.74. The molecule has 3 aromatic rings. The summed E-state index contributed by atoms with van der Waals surface area (Å²) < 4.78 is 6.88. The van der Waals surface area contributed by atoms with E-state index < -0.39 is 0 Å². The topological polar surface area (TPSA) is 55.6 Å². The van der Waals surface area contributed by atoms with Gasteiger partial charge in [-0.25, -0.2) is 4.79 Å². The minimum Gasteiger partial charge on any atom is -0.465 e. The Balaban J connectivity index is 1.79. The van der Waals surface area contributed by atoms with E-state index in [4.69, 9.17) is 27.9 Å². The summed E-state index contributed by atoms with van der Waals surface area (Å²) in [5.41, 5.74) is 8.18. The van der Waals surface area contributed by atoms with Crippen LogP contribution in [-0.2, 0) is 11.3 Å². The van der Waals surface area contributed by atoms with E-state index in [1.165, 1.54) is 7.11 Å². The molecule has 0 unspecified atom stereocenters. The van der Waals surface area contributed by atoms with Crippen LogP contribution in [-0.4, -0.2) is 23.9 Å². The first kappa shape index (κ1) is 21.0. The van der Waals surface area contributed by atoms with E-state index in [0.29, 0.717) is 22.2 Å². The molecule has 29 heavy (non-hydrogen) atoms. The van der Waals surface area contributed by atoms with Crippen LogP contribution in [0.5, 0.6) is 0 Å². The second-order valence-corrected chi connectivity index (χ2v) is 7.31. The molecule has 0 radical (unpaired) electrons. The number of hydrazone groups is 1. The highest BCUT2D eigenvalue weighted by Gasteiger charge is 2.12. The molecule has 5 nitrogen and oxygen atoms in total. The molecular weight excluding hydrogens is 409 g/mol. The Morgan fingerprint density at radius 3 is 2.52 bits per heavy atom. The van der Waals surface area contributed by atoms with Gasteiger partial charge in [0.05, 0.1) is 25.4 Å². The van der Waals surface area contributed by atoms with Crippen LogP contribution in [0.25, 0.3) is 5.69 Å². The fourth-order valence-corrected chi connectivity index (χ4v) is 3.68. The fourth-order valence-electron chi connectivity index (χ4n) is 3.15. The number of hydrogen-bond acceptors (Lipinski definition) is 4. The number of carbonyl (C=O) groups excluding carboxylic acids is 1. The maximum atomic E-state index is 11.8. The molecule has 0 spiro atoms. The number of nitrogens with zero attached hydrogens (tertiary/aromatic N) is 2. The van der Waals surface area contributed by atoms with E-state index >= 15 is 0 Å². The summed E-state index contributed by atoms with van der Waals surface area (Å²) in [6.45, 7) is 4.44. The molecule has 0 bridgehead atoms. The van der Waals surface area contributed by atoms with Gasteiger partial charge in [0.15, 0.2) is 0 Å². The van der Waals surface area contributed by atoms with Crippen LogP contribution in [0, 0.1) is 13.8 Å². The Kier molecular flexibility index (Phi) is 6.62. The number of aromatic nitrogens is 1. The lowest BCUT2D eigenvalue weighted by Crippen LogP contribution is -2.07. The molecule has 0 saturated carbocycles. The molecule has 2 aromatic carbocycles. The van der Waals surface area contributed by atoms with Gasteiger partial charge in [-0.05, 0) is 50.2 Å². The summed E-state index contributed by atoms with van der Waals surface area (Å²) in [4.78, 5) is 11.8. The van der Waals surface area contributed by atoms with Crippen molar-refractivity contribution in [2.24, 2.45) is 5.10 Å². The van der Waals surface area contributed by atoms with Crippen LogP contribution in [0.3, 0.4) is 0 Å². The van der Waals surface area contributed by atoms with Crippen molar-refractivity contribution >= 4 is 35.4 Å². The normalized spacial score (nSPS) is 11.1. The second-order valence-electron chi connectivity index (χ2n) is 6.50. The zero-order valence-electron chi connectivity index (χ0n) is 16.4. The molecule has 0 aliphatic carbocycles. The molecule has 0 fully saturated rings. The Morgan fingerprint density at radius 2 is 1.83 bits per heavy atom. The Bertz CT molecular complexity index is 1050. The van der Waals surface area contributed by atoms with E-state index in [-0.39, 0.29) is 5.97 Å². The number of ether oxygens (including phenoxy) is 1. The molecule has 1 N–H and O–H groups in total. The van der Waals surface area contributed by atoms with Crippen LogP contribution in [0.4, 0.5) is 0 Å². The van der Waals surface area contributed by atoms with Crippen molar-refractivity contribution in [3.05, 3.63) is 86.7 Å². The number of methoxy groups -OCH3 is 1. The van der Waals surface area contributed by atoms with Gasteiger partial charge in [-0.3, -0.25) is 0 Å². The lowest BCUT2D eigenvalue weighted by molar-refractivity contribution is 0.0600. The smallest absolute Gasteiger partial charge is 0.337 e. The second kappa shape index (κ2) is 9.16. The lowest BCUT2D eigenvalue weighted by atomic mass is 10.2. The molecule has 0 amide bonds. The van der Waals surface area contributed by atoms with Gasteiger partial charge in [0, 0.05) is 38.2 Å². The van der Waals surface area contributed by atoms with Crippen LogP contribution >= 0.6 is 23.2 Å². The molecule has 1 heterocycles. The Labute approximate surface area is 179 Å². The van der Waals surface area contributed by atoms with Gasteiger partial charge in [0.2, 0.25) is 0 Å². The molecular formula is C22H21Cl2N3O2. The number of hydrogen-bond donors (Lipinski definition) is 1. The van der Waals surface area contributed by atoms with Gasteiger partial charge in [0.25, 0.3) is 0 Å². The van der Waals surface area contributed by atoms with Crippen LogP contribution in [0.15, 0.2) is 53.6 Å². The lowest BCUT2D eigenvalue weighted by Gasteiger charge is -2.11. The van der Waals surface area contributed by atoms with Crippen LogP contribution in [0.1, 0.15) is 32.9 Å². The standard InChI is InChI=1S/C22H21Cl2N3O2/c1-14-10-17(12-25-26-13-19-20(23)8-5-9-21(19)24)15(2)27(14)18-7-4-6-16(11-18)22(28)29-3/h4-12,26H,13H2,1-3H3/b25-12+. The summed E-state index contributed by atoms with van der Waals surface area (Å²) in [5.74, 6) is -0.362. The number of aryl methyl sites for hydroxylation is 1. The summed E-state index contributed by atoms with van der Waals surface area (Å²) >= 11 is 12.4. The van der Waals surface area contributed by atoms with Gasteiger partial charge < -0.3 is 14.7 Å². The van der Waals surface area contributed by atoms with Crippen molar-refractivity contribution in [2.75, 3.05) is 7.11 Å². The number of nitrogens with one attached hydrogen (secondary N) is 1. The number of halogens is 2. The zero-order chi connectivity index (χ0) is 21.0. The third-order valence-electron chi connectivity index (χ3n) is 4.61. The number of carbonyl (C=O) groups is 1. The van der Waals surface area contributed by atoms with Crippen molar-refractivity contribution < 1.29 is 9.53 Å². The minimum atomic E-state index is -0.362. The Morgan fingerprint density at radius 1 is 1.14 bits per heavy atom. The highest BCUT2D eigenvalue weighted by molar-refractivity contribution is 6.35. The molecule has 150 valence electrons. The van der Waals surface area contributed by atoms with Crippen LogP contribution < -0.4 is 5.43 Å². The number of esters is 1. The summed E-state index contributed by atoms with van der Waals surface area (Å²) in [6.07, 6.45) is 1.76. The molecule has 0 aliphatic heterocycles. The van der Waals surface area contributed by atoms with Crippen molar-refractivity contribution in [3.63, 3.8) is 0 Å². The zero-order valence-corrected chi connectivity index (χ0v) is 17.9. The van der Waals surface area contributed by atoms with Crippen molar-refractivity contribution in [3.8, 4) is 5.69 Å². The summed E-state index contributed by atoms with van der Waals surface area (Å²) in [5, 5.41) is 5.51. The predicted molar refractivity (Wildman–Crippen MR) is 117 cm³/mol. The van der Waals surface area contributed by atoms with Gasteiger partial charge >= 0.3 is 5.97 Å². The number of benzene rings is 2. The van der Waals surface area contributed by atoms with Crippen LogP contribution in [0.2, 0.25) is 10.0 Å². The molecule has 0 aliphatic rings. The van der Waals surface area contributed by atoms with Crippen molar-refractivity contribution in [1.29, 1.82) is 0 Å². The van der Waals surface area contributed by atoms with Crippen molar-refractivity contribution in [2.45, 2.75) is 20.4 Å². The largest absolute Gasteiger partial charge is 0.465 e. The SMILES string of the molecule is COC(=O)c1cccc(-n2c(C)cc(/C=N/NCc3c(Cl)cccc3Cl)c2C)c1. The summed E-state index contributed by atoms with van der Waals surface area (Å²) in [7, 11) is 1.37. The van der Waals surface area contributed by atoms with E-state index in [0.717, 1.165) is 28.2 Å². The third kappa shape index (κ3) is 4.63.